The summed E-state index contributed by atoms with van der Waals surface area (Å²) < 4.78 is 4.79. The highest BCUT2D eigenvalue weighted by Gasteiger charge is 2.19. The molecule has 0 spiro atoms. The minimum Gasteiger partial charge on any atom is -0.309 e. The quantitative estimate of drug-likeness (QED) is 0.168. The summed E-state index contributed by atoms with van der Waals surface area (Å²) in [6.45, 7) is 0. The van der Waals surface area contributed by atoms with Gasteiger partial charge in [-0.1, -0.05) is 164 Å². The molecular weight excluding hydrogens is 777 g/mol. The fourth-order valence-corrected chi connectivity index (χ4v) is 9.96. The van der Waals surface area contributed by atoms with Crippen LogP contribution >= 0.6 is 0 Å². The number of aromatic nitrogens is 4. The molecule has 64 heavy (non-hydrogen) atoms. The van der Waals surface area contributed by atoms with E-state index in [1.54, 1.807) is 0 Å². The van der Waals surface area contributed by atoms with E-state index in [4.69, 9.17) is 9.97 Å². The summed E-state index contributed by atoms with van der Waals surface area (Å²) in [5, 5.41) is 8.24. The molecule has 4 nitrogen and oxygen atoms in total. The van der Waals surface area contributed by atoms with E-state index in [2.05, 4.69) is 228 Å². The standard InChI is InChI=1S/C60H38N4/c1-3-15-41(16-4-1)59-50-23-9-12-24-53(50)61-60(62-59)49-33-36-56(46-20-8-7-19-45(46)49)64-55-26-14-11-22-48(55)52-38-43(32-35-58(52)64)40-29-27-39(28-30-40)42-31-34-57-51(37-42)47-21-10-13-25-54(47)63(57)44-17-5-2-6-18-44/h1-38H. The molecule has 4 heteroatoms. The van der Waals surface area contributed by atoms with Gasteiger partial charge in [0.15, 0.2) is 5.82 Å². The zero-order chi connectivity index (χ0) is 42.1. The highest BCUT2D eigenvalue weighted by atomic mass is 15.0. The van der Waals surface area contributed by atoms with E-state index in [-0.39, 0.29) is 0 Å². The van der Waals surface area contributed by atoms with Gasteiger partial charge in [-0.2, -0.15) is 0 Å². The summed E-state index contributed by atoms with van der Waals surface area (Å²) in [5.41, 5.74) is 15.8. The molecular formula is C60H38N4. The molecule has 13 rings (SSSR count). The maximum absolute atomic E-state index is 5.26. The van der Waals surface area contributed by atoms with E-state index in [9.17, 15) is 0 Å². The van der Waals surface area contributed by atoms with E-state index in [1.165, 1.54) is 66.0 Å². The Morgan fingerprint density at radius 3 is 1.42 bits per heavy atom. The largest absolute Gasteiger partial charge is 0.309 e. The van der Waals surface area contributed by atoms with E-state index in [0.717, 1.165) is 55.5 Å². The van der Waals surface area contributed by atoms with Crippen LogP contribution in [0.4, 0.5) is 0 Å². The molecule has 298 valence electrons. The van der Waals surface area contributed by atoms with Crippen LogP contribution in [-0.2, 0) is 0 Å². The Morgan fingerprint density at radius 2 is 0.766 bits per heavy atom. The molecule has 3 aromatic heterocycles. The van der Waals surface area contributed by atoms with E-state index >= 15 is 0 Å². The summed E-state index contributed by atoms with van der Waals surface area (Å²) in [5.74, 6) is 0.717. The number of nitrogens with zero attached hydrogens (tertiary/aromatic N) is 4. The second-order valence-electron chi connectivity index (χ2n) is 16.5. The monoisotopic (exact) mass is 814 g/mol. The second kappa shape index (κ2) is 14.5. The van der Waals surface area contributed by atoms with Gasteiger partial charge in [-0.25, -0.2) is 9.97 Å². The van der Waals surface area contributed by atoms with E-state index in [0.29, 0.717) is 0 Å². The van der Waals surface area contributed by atoms with Crippen molar-refractivity contribution in [2.45, 2.75) is 0 Å². The summed E-state index contributed by atoms with van der Waals surface area (Å²) in [6, 6.07) is 82.7. The highest BCUT2D eigenvalue weighted by molar-refractivity contribution is 6.13. The lowest BCUT2D eigenvalue weighted by Gasteiger charge is -2.15. The van der Waals surface area contributed by atoms with Crippen molar-refractivity contribution in [3.05, 3.63) is 231 Å². The first-order chi connectivity index (χ1) is 31.7. The maximum Gasteiger partial charge on any atom is 0.161 e. The molecule has 0 saturated carbocycles. The van der Waals surface area contributed by atoms with E-state index < -0.39 is 0 Å². The van der Waals surface area contributed by atoms with Crippen LogP contribution in [0.5, 0.6) is 0 Å². The van der Waals surface area contributed by atoms with Crippen LogP contribution in [0.3, 0.4) is 0 Å². The van der Waals surface area contributed by atoms with E-state index in [1.807, 2.05) is 12.1 Å². The van der Waals surface area contributed by atoms with Crippen molar-refractivity contribution < 1.29 is 0 Å². The van der Waals surface area contributed by atoms with Crippen molar-refractivity contribution in [3.8, 4) is 56.3 Å². The first-order valence-corrected chi connectivity index (χ1v) is 21.8. The Morgan fingerprint density at radius 1 is 0.281 bits per heavy atom. The molecule has 13 aromatic rings. The van der Waals surface area contributed by atoms with Crippen molar-refractivity contribution in [3.63, 3.8) is 0 Å². The Balaban J connectivity index is 0.898. The lowest BCUT2D eigenvalue weighted by Crippen LogP contribution is -1.99. The molecule has 0 atom stereocenters. The maximum atomic E-state index is 5.26. The number of benzene rings is 10. The Labute approximate surface area is 369 Å². The molecule has 0 unspecified atom stereocenters. The van der Waals surface area contributed by atoms with Crippen LogP contribution < -0.4 is 0 Å². The van der Waals surface area contributed by atoms with Crippen LogP contribution in [0.2, 0.25) is 0 Å². The molecule has 0 bridgehead atoms. The van der Waals surface area contributed by atoms with Crippen molar-refractivity contribution in [1.29, 1.82) is 0 Å². The van der Waals surface area contributed by atoms with Crippen molar-refractivity contribution in [1.82, 2.24) is 19.1 Å². The van der Waals surface area contributed by atoms with Gasteiger partial charge in [0.2, 0.25) is 0 Å². The van der Waals surface area contributed by atoms with Crippen LogP contribution in [-0.4, -0.2) is 19.1 Å². The fraction of sp³-hybridized carbons (Fsp3) is 0. The number of hydrogen-bond donors (Lipinski definition) is 0. The van der Waals surface area contributed by atoms with Gasteiger partial charge in [0, 0.05) is 49.1 Å². The molecule has 10 aromatic carbocycles. The Bertz CT molecular complexity index is 3940. The summed E-state index contributed by atoms with van der Waals surface area (Å²) in [6.07, 6.45) is 0. The molecule has 3 heterocycles. The van der Waals surface area contributed by atoms with Crippen molar-refractivity contribution >= 4 is 65.3 Å². The third-order valence-corrected chi connectivity index (χ3v) is 12.9. The lowest BCUT2D eigenvalue weighted by molar-refractivity contribution is 1.18. The van der Waals surface area contributed by atoms with Crippen molar-refractivity contribution in [2.24, 2.45) is 0 Å². The Hall–Kier alpha value is -8.60. The summed E-state index contributed by atoms with van der Waals surface area (Å²) in [7, 11) is 0. The number of fused-ring (bicyclic) bond motifs is 8. The average Bonchev–Trinajstić information content (AvgIpc) is 3.88. The Kier molecular flexibility index (Phi) is 8.18. The molecule has 0 aliphatic heterocycles. The lowest BCUT2D eigenvalue weighted by atomic mass is 9.98. The summed E-state index contributed by atoms with van der Waals surface area (Å²) >= 11 is 0. The number of para-hydroxylation sites is 4. The SMILES string of the molecule is c1ccc(-c2nc(-c3ccc(-n4c5ccccc5c5cc(-c6ccc(-c7ccc8c(c7)c7ccccc7n8-c7ccccc7)cc6)ccc54)c4ccccc34)nc3ccccc23)cc1. The normalized spacial score (nSPS) is 11.8. The van der Waals surface area contributed by atoms with Gasteiger partial charge < -0.3 is 9.13 Å². The van der Waals surface area contributed by atoms with Gasteiger partial charge >= 0.3 is 0 Å². The first-order valence-electron chi connectivity index (χ1n) is 21.8. The topological polar surface area (TPSA) is 35.6 Å². The zero-order valence-electron chi connectivity index (χ0n) is 34.7. The van der Waals surface area contributed by atoms with Gasteiger partial charge in [0.05, 0.1) is 39.0 Å². The third kappa shape index (κ3) is 5.70. The van der Waals surface area contributed by atoms with Gasteiger partial charge in [-0.3, -0.25) is 0 Å². The molecule has 0 amide bonds. The fourth-order valence-electron chi connectivity index (χ4n) is 9.96. The third-order valence-electron chi connectivity index (χ3n) is 12.9. The molecule has 0 saturated heterocycles. The zero-order valence-corrected chi connectivity index (χ0v) is 34.7. The van der Waals surface area contributed by atoms with Gasteiger partial charge in [0.25, 0.3) is 0 Å². The molecule has 0 radical (unpaired) electrons. The molecule has 0 aliphatic rings. The first kappa shape index (κ1) is 36.1. The predicted octanol–water partition coefficient (Wildman–Crippen LogP) is 15.6. The smallest absolute Gasteiger partial charge is 0.161 e. The number of hydrogen-bond acceptors (Lipinski definition) is 2. The highest BCUT2D eigenvalue weighted by Crippen LogP contribution is 2.41. The van der Waals surface area contributed by atoms with Gasteiger partial charge in [-0.15, -0.1) is 0 Å². The minimum absolute atomic E-state index is 0.717. The van der Waals surface area contributed by atoms with Gasteiger partial charge in [-0.05, 0) is 94.4 Å². The van der Waals surface area contributed by atoms with Crippen molar-refractivity contribution in [2.75, 3.05) is 0 Å². The minimum atomic E-state index is 0.717. The second-order valence-corrected chi connectivity index (χ2v) is 16.5. The van der Waals surface area contributed by atoms with Crippen LogP contribution in [0.1, 0.15) is 0 Å². The van der Waals surface area contributed by atoms with Gasteiger partial charge in [0.1, 0.15) is 0 Å². The summed E-state index contributed by atoms with van der Waals surface area (Å²) in [4.78, 5) is 10.4. The molecule has 0 aliphatic carbocycles. The number of rotatable bonds is 6. The predicted molar refractivity (Wildman–Crippen MR) is 267 cm³/mol. The van der Waals surface area contributed by atoms with Crippen LogP contribution in [0.25, 0.3) is 122 Å². The van der Waals surface area contributed by atoms with Crippen LogP contribution in [0, 0.1) is 0 Å². The average molecular weight is 815 g/mol. The molecule has 0 N–H and O–H groups in total. The molecule has 0 fully saturated rings. The van der Waals surface area contributed by atoms with Crippen LogP contribution in [0.15, 0.2) is 231 Å².